The minimum absolute atomic E-state index is 0.189. The molecule has 0 aromatic carbocycles. The molecule has 1 aromatic heterocycles. The van der Waals surface area contributed by atoms with Gasteiger partial charge in [0.05, 0.1) is 0 Å². The van der Waals surface area contributed by atoms with Gasteiger partial charge >= 0.3 is 0 Å². The van der Waals surface area contributed by atoms with E-state index in [2.05, 4.69) is 11.4 Å². The lowest BCUT2D eigenvalue weighted by Crippen LogP contribution is -2.08. The molecule has 0 radical (unpaired) electrons. The fourth-order valence-corrected chi connectivity index (χ4v) is 1.86. The summed E-state index contributed by atoms with van der Waals surface area (Å²) in [5, 5.41) is 2.05. The van der Waals surface area contributed by atoms with Gasteiger partial charge in [0.25, 0.3) is 0 Å². The molecule has 11 heavy (non-hydrogen) atoms. The summed E-state index contributed by atoms with van der Waals surface area (Å²) in [6.45, 7) is 0. The van der Waals surface area contributed by atoms with Crippen LogP contribution in [0.3, 0.4) is 0 Å². The Morgan fingerprint density at radius 1 is 1.64 bits per heavy atom. The molecular formula is C8H12ClNS. The van der Waals surface area contributed by atoms with Crippen LogP contribution in [-0.4, -0.2) is 5.88 Å². The van der Waals surface area contributed by atoms with Crippen molar-refractivity contribution in [2.75, 3.05) is 5.88 Å². The quantitative estimate of drug-likeness (QED) is 0.725. The molecule has 0 aliphatic heterocycles. The van der Waals surface area contributed by atoms with Gasteiger partial charge in [-0.1, -0.05) is 6.07 Å². The zero-order chi connectivity index (χ0) is 8.10. The van der Waals surface area contributed by atoms with Crippen LogP contribution in [0.5, 0.6) is 0 Å². The second-order valence-corrected chi connectivity index (χ2v) is 3.81. The molecule has 1 nitrogen and oxygen atoms in total. The number of hydrogen-bond donors (Lipinski definition) is 1. The van der Waals surface area contributed by atoms with Crippen LogP contribution in [0.1, 0.15) is 23.8 Å². The highest BCUT2D eigenvalue weighted by Gasteiger charge is 2.04. The van der Waals surface area contributed by atoms with Gasteiger partial charge in [0, 0.05) is 16.8 Å². The lowest BCUT2D eigenvalue weighted by Gasteiger charge is -2.06. The van der Waals surface area contributed by atoms with Crippen molar-refractivity contribution in [2.24, 2.45) is 5.73 Å². The molecule has 62 valence electrons. The highest BCUT2D eigenvalue weighted by atomic mass is 35.5. The molecule has 0 spiro atoms. The standard InChI is InChI=1S/C8H12ClNS/c9-5-1-3-7(10)8-4-2-6-11-8/h2,4,6-7H,1,3,5,10H2. The molecule has 0 aliphatic rings. The molecule has 0 fully saturated rings. The van der Waals surface area contributed by atoms with Crippen LogP contribution in [0.25, 0.3) is 0 Å². The molecule has 0 bridgehead atoms. The van der Waals surface area contributed by atoms with Crippen molar-refractivity contribution in [3.8, 4) is 0 Å². The smallest absolute Gasteiger partial charge is 0.0390 e. The molecule has 2 N–H and O–H groups in total. The van der Waals surface area contributed by atoms with E-state index in [1.807, 2.05) is 6.07 Å². The van der Waals surface area contributed by atoms with E-state index in [1.54, 1.807) is 11.3 Å². The molecule has 1 unspecified atom stereocenters. The third-order valence-electron chi connectivity index (χ3n) is 1.56. The minimum Gasteiger partial charge on any atom is -0.323 e. The second kappa shape index (κ2) is 4.75. The summed E-state index contributed by atoms with van der Waals surface area (Å²) in [6, 6.07) is 4.29. The molecule has 1 heterocycles. The van der Waals surface area contributed by atoms with Crippen LogP contribution in [0.4, 0.5) is 0 Å². The Kier molecular flexibility index (Phi) is 3.91. The zero-order valence-electron chi connectivity index (χ0n) is 6.29. The first-order valence-corrected chi connectivity index (χ1v) is 5.11. The third kappa shape index (κ3) is 2.81. The van der Waals surface area contributed by atoms with Gasteiger partial charge < -0.3 is 5.73 Å². The summed E-state index contributed by atoms with van der Waals surface area (Å²) < 4.78 is 0. The fourth-order valence-electron chi connectivity index (χ4n) is 0.942. The first kappa shape index (κ1) is 9.04. The van der Waals surface area contributed by atoms with E-state index in [9.17, 15) is 0 Å². The molecule has 0 aliphatic carbocycles. The van der Waals surface area contributed by atoms with E-state index >= 15 is 0 Å². The van der Waals surface area contributed by atoms with Crippen LogP contribution in [0.2, 0.25) is 0 Å². The predicted molar refractivity (Wildman–Crippen MR) is 51.2 cm³/mol. The number of alkyl halides is 1. The van der Waals surface area contributed by atoms with E-state index in [4.69, 9.17) is 17.3 Å². The number of halogens is 1. The lowest BCUT2D eigenvalue weighted by atomic mass is 10.1. The summed E-state index contributed by atoms with van der Waals surface area (Å²) >= 11 is 7.27. The molecule has 0 saturated heterocycles. The van der Waals surface area contributed by atoms with Crippen molar-refractivity contribution in [1.29, 1.82) is 0 Å². The van der Waals surface area contributed by atoms with Crippen molar-refractivity contribution in [3.63, 3.8) is 0 Å². The lowest BCUT2D eigenvalue weighted by molar-refractivity contribution is 0.651. The maximum atomic E-state index is 5.88. The van der Waals surface area contributed by atoms with Crippen LogP contribution in [0, 0.1) is 0 Å². The molecule has 0 amide bonds. The van der Waals surface area contributed by atoms with Gasteiger partial charge in [-0.15, -0.1) is 22.9 Å². The second-order valence-electron chi connectivity index (χ2n) is 2.45. The molecule has 1 aromatic rings. The minimum atomic E-state index is 0.189. The van der Waals surface area contributed by atoms with Crippen molar-refractivity contribution >= 4 is 22.9 Å². The first-order valence-electron chi connectivity index (χ1n) is 3.69. The van der Waals surface area contributed by atoms with E-state index in [0.717, 1.165) is 12.8 Å². The van der Waals surface area contributed by atoms with Gasteiger partial charge in [-0.3, -0.25) is 0 Å². The molecular weight excluding hydrogens is 178 g/mol. The highest BCUT2D eigenvalue weighted by Crippen LogP contribution is 2.20. The van der Waals surface area contributed by atoms with E-state index in [-0.39, 0.29) is 6.04 Å². The monoisotopic (exact) mass is 189 g/mol. The van der Waals surface area contributed by atoms with Gasteiger partial charge in [0.15, 0.2) is 0 Å². The summed E-state index contributed by atoms with van der Waals surface area (Å²) in [6.07, 6.45) is 1.99. The Morgan fingerprint density at radius 3 is 3.00 bits per heavy atom. The van der Waals surface area contributed by atoms with Crippen LogP contribution < -0.4 is 5.73 Å². The summed E-state index contributed by atoms with van der Waals surface area (Å²) in [5.41, 5.74) is 5.88. The van der Waals surface area contributed by atoms with Crippen LogP contribution in [0.15, 0.2) is 17.5 Å². The predicted octanol–water partition coefficient (Wildman–Crippen LogP) is 2.77. The number of nitrogens with two attached hydrogens (primary N) is 1. The van der Waals surface area contributed by atoms with Crippen molar-refractivity contribution in [1.82, 2.24) is 0 Å². The number of rotatable bonds is 4. The van der Waals surface area contributed by atoms with Crippen LogP contribution >= 0.6 is 22.9 Å². The highest BCUT2D eigenvalue weighted by molar-refractivity contribution is 7.10. The molecule has 1 atom stereocenters. The maximum Gasteiger partial charge on any atom is 0.0390 e. The Balaban J connectivity index is 2.36. The maximum absolute atomic E-state index is 5.88. The van der Waals surface area contributed by atoms with Gasteiger partial charge in [0.2, 0.25) is 0 Å². The largest absolute Gasteiger partial charge is 0.323 e. The van der Waals surface area contributed by atoms with Gasteiger partial charge in [0.1, 0.15) is 0 Å². The van der Waals surface area contributed by atoms with Crippen LogP contribution in [-0.2, 0) is 0 Å². The SMILES string of the molecule is NC(CCCCl)c1cccs1. The number of thiophene rings is 1. The first-order chi connectivity index (χ1) is 5.34. The Bertz CT molecular complexity index is 186. The average molecular weight is 190 g/mol. The molecule has 3 heteroatoms. The van der Waals surface area contributed by atoms with E-state index < -0.39 is 0 Å². The van der Waals surface area contributed by atoms with Gasteiger partial charge in [-0.25, -0.2) is 0 Å². The van der Waals surface area contributed by atoms with E-state index in [0.29, 0.717) is 5.88 Å². The molecule has 0 saturated carbocycles. The normalized spacial score (nSPS) is 13.3. The van der Waals surface area contributed by atoms with Gasteiger partial charge in [-0.2, -0.15) is 0 Å². The summed E-state index contributed by atoms with van der Waals surface area (Å²) in [4.78, 5) is 1.26. The summed E-state index contributed by atoms with van der Waals surface area (Å²) in [5.74, 6) is 0.707. The fraction of sp³-hybridized carbons (Fsp3) is 0.500. The van der Waals surface area contributed by atoms with Crippen molar-refractivity contribution < 1.29 is 0 Å². The Labute approximate surface area is 76.2 Å². The summed E-state index contributed by atoms with van der Waals surface area (Å²) in [7, 11) is 0. The van der Waals surface area contributed by atoms with Crippen molar-refractivity contribution in [2.45, 2.75) is 18.9 Å². The Morgan fingerprint density at radius 2 is 2.45 bits per heavy atom. The Hall–Kier alpha value is -0.0500. The molecule has 1 rings (SSSR count). The van der Waals surface area contributed by atoms with Gasteiger partial charge in [-0.05, 0) is 24.3 Å². The average Bonchev–Trinajstić information content (AvgIpc) is 2.52. The van der Waals surface area contributed by atoms with Crippen molar-refractivity contribution in [3.05, 3.63) is 22.4 Å². The zero-order valence-corrected chi connectivity index (χ0v) is 7.87. The number of hydrogen-bond acceptors (Lipinski definition) is 2. The third-order valence-corrected chi connectivity index (χ3v) is 2.83. The van der Waals surface area contributed by atoms with E-state index in [1.165, 1.54) is 4.88 Å². The topological polar surface area (TPSA) is 26.0 Å².